The van der Waals surface area contributed by atoms with Crippen LogP contribution in [0.25, 0.3) is 11.3 Å². The molecule has 1 aromatic heterocycles. The van der Waals surface area contributed by atoms with E-state index >= 15 is 0 Å². The van der Waals surface area contributed by atoms with Crippen LogP contribution < -0.4 is 14.2 Å². The Morgan fingerprint density at radius 3 is 2.60 bits per heavy atom. The maximum Gasteiger partial charge on any atom is 0.273 e. The highest BCUT2D eigenvalue weighted by molar-refractivity contribution is 6.31. The van der Waals surface area contributed by atoms with E-state index in [4.69, 9.17) is 25.8 Å². The van der Waals surface area contributed by atoms with Crippen molar-refractivity contribution in [1.82, 2.24) is 15.1 Å². The molecule has 1 amide bonds. The zero-order valence-electron chi connectivity index (χ0n) is 24.5. The van der Waals surface area contributed by atoms with Gasteiger partial charge in [-0.25, -0.2) is 0 Å². The first-order chi connectivity index (χ1) is 20.2. The molecule has 4 aromatic rings. The Hall–Kier alpha value is -4.17. The average molecular weight is 590 g/mol. The number of amides is 1. The molecule has 0 saturated heterocycles. The Morgan fingerprint density at radius 1 is 1.07 bits per heavy atom. The van der Waals surface area contributed by atoms with Crippen LogP contribution in [-0.2, 0) is 6.42 Å². The Kier molecular flexibility index (Phi) is 8.64. The second-order valence-electron chi connectivity index (χ2n) is 10.9. The van der Waals surface area contributed by atoms with E-state index in [-0.39, 0.29) is 11.7 Å². The number of nitrogens with one attached hydrogen (secondary N) is 1. The molecule has 9 heteroatoms. The van der Waals surface area contributed by atoms with Crippen molar-refractivity contribution in [3.05, 3.63) is 87.6 Å². The molecule has 3 aromatic carbocycles. The fourth-order valence-corrected chi connectivity index (χ4v) is 5.47. The molecule has 0 saturated carbocycles. The van der Waals surface area contributed by atoms with Gasteiger partial charge >= 0.3 is 0 Å². The van der Waals surface area contributed by atoms with E-state index in [1.54, 1.807) is 26.4 Å². The van der Waals surface area contributed by atoms with Crippen LogP contribution in [0.4, 0.5) is 0 Å². The summed E-state index contributed by atoms with van der Waals surface area (Å²) in [5.41, 5.74) is 4.68. The molecule has 8 nitrogen and oxygen atoms in total. The number of nitrogens with zero attached hydrogens (tertiary/aromatic N) is 2. The lowest BCUT2D eigenvalue weighted by molar-refractivity contribution is 0.0745. The molecule has 1 aliphatic rings. The zero-order chi connectivity index (χ0) is 30.0. The standard InChI is InChI=1S/C33H36ClN3O5/c1-19(2)12-14-42-23-8-6-7-22(17-23)32-29-30(24-18-25(34)20(3)15-26(24)38)35-36-31(29)33(39)37(32)13-11-21-9-10-27(40-4)28(16-21)41-5/h6-10,15-19,32,38H,11-14H2,1-5H3,(H,35,36). The summed E-state index contributed by atoms with van der Waals surface area (Å²) in [6.45, 7) is 7.18. The van der Waals surface area contributed by atoms with Crippen LogP contribution in [0.15, 0.2) is 54.6 Å². The quantitative estimate of drug-likeness (QED) is 0.196. The van der Waals surface area contributed by atoms with E-state index < -0.39 is 6.04 Å². The van der Waals surface area contributed by atoms with Crippen molar-refractivity contribution in [3.63, 3.8) is 0 Å². The number of phenols is 1. The van der Waals surface area contributed by atoms with Gasteiger partial charge in [0.15, 0.2) is 11.5 Å². The Bertz CT molecular complexity index is 1600. The summed E-state index contributed by atoms with van der Waals surface area (Å²) in [5.74, 6) is 2.42. The fraction of sp³-hybridized carbons (Fsp3) is 0.333. The molecule has 0 radical (unpaired) electrons. The zero-order valence-corrected chi connectivity index (χ0v) is 25.3. The lowest BCUT2D eigenvalue weighted by Gasteiger charge is -2.27. The van der Waals surface area contributed by atoms with Crippen LogP contribution in [0.3, 0.4) is 0 Å². The van der Waals surface area contributed by atoms with E-state index in [0.717, 1.165) is 28.9 Å². The van der Waals surface area contributed by atoms with Crippen molar-refractivity contribution in [2.75, 3.05) is 27.4 Å². The number of halogens is 1. The first-order valence-corrected chi connectivity index (χ1v) is 14.4. The van der Waals surface area contributed by atoms with Crippen LogP contribution >= 0.6 is 11.6 Å². The molecular weight excluding hydrogens is 554 g/mol. The third kappa shape index (κ3) is 5.77. The van der Waals surface area contributed by atoms with Crippen molar-refractivity contribution >= 4 is 17.5 Å². The third-order valence-electron chi connectivity index (χ3n) is 7.62. The van der Waals surface area contributed by atoms with Gasteiger partial charge in [-0.15, -0.1) is 0 Å². The largest absolute Gasteiger partial charge is 0.507 e. The van der Waals surface area contributed by atoms with Crippen LogP contribution in [-0.4, -0.2) is 53.5 Å². The van der Waals surface area contributed by atoms with Gasteiger partial charge in [0.25, 0.3) is 5.91 Å². The van der Waals surface area contributed by atoms with Gasteiger partial charge in [-0.3, -0.25) is 9.89 Å². The molecule has 0 bridgehead atoms. The van der Waals surface area contributed by atoms with E-state index in [0.29, 0.717) is 64.5 Å². The molecular formula is C33H36ClN3O5. The number of fused-ring (bicyclic) bond motifs is 1. The number of benzene rings is 3. The molecule has 2 heterocycles. The highest BCUT2D eigenvalue weighted by Crippen LogP contribution is 2.46. The van der Waals surface area contributed by atoms with Gasteiger partial charge in [0.1, 0.15) is 22.9 Å². The Morgan fingerprint density at radius 2 is 1.86 bits per heavy atom. The minimum atomic E-state index is -0.463. The number of aromatic nitrogens is 2. The molecule has 0 aliphatic carbocycles. The van der Waals surface area contributed by atoms with Crippen LogP contribution in [0.2, 0.25) is 5.02 Å². The summed E-state index contributed by atoms with van der Waals surface area (Å²) in [5, 5.41) is 18.8. The van der Waals surface area contributed by atoms with E-state index in [9.17, 15) is 9.90 Å². The number of aryl methyl sites for hydroxylation is 1. The van der Waals surface area contributed by atoms with Gasteiger partial charge in [-0.2, -0.15) is 5.10 Å². The highest BCUT2D eigenvalue weighted by atomic mass is 35.5. The lowest BCUT2D eigenvalue weighted by atomic mass is 9.95. The predicted molar refractivity (Wildman–Crippen MR) is 163 cm³/mol. The predicted octanol–water partition coefficient (Wildman–Crippen LogP) is 6.97. The van der Waals surface area contributed by atoms with Crippen molar-refractivity contribution in [3.8, 4) is 34.3 Å². The second kappa shape index (κ2) is 12.4. The molecule has 1 aliphatic heterocycles. The van der Waals surface area contributed by atoms with Gasteiger partial charge in [0.05, 0.1) is 26.9 Å². The molecule has 1 atom stereocenters. The topological polar surface area (TPSA) is 96.9 Å². The summed E-state index contributed by atoms with van der Waals surface area (Å²) >= 11 is 6.46. The summed E-state index contributed by atoms with van der Waals surface area (Å²) in [7, 11) is 3.20. The van der Waals surface area contributed by atoms with Gasteiger partial charge in [0, 0.05) is 22.7 Å². The van der Waals surface area contributed by atoms with Crippen molar-refractivity contribution in [2.45, 2.75) is 39.7 Å². The maximum absolute atomic E-state index is 13.9. The molecule has 42 heavy (non-hydrogen) atoms. The first kappa shape index (κ1) is 29.3. The number of hydrogen-bond donors (Lipinski definition) is 2. The van der Waals surface area contributed by atoms with Crippen LogP contribution in [0.1, 0.15) is 59.1 Å². The fourth-order valence-electron chi connectivity index (χ4n) is 5.31. The van der Waals surface area contributed by atoms with Crippen molar-refractivity contribution in [2.24, 2.45) is 5.92 Å². The summed E-state index contributed by atoms with van der Waals surface area (Å²) in [6.07, 6.45) is 1.52. The van der Waals surface area contributed by atoms with E-state index in [1.165, 1.54) is 0 Å². The number of H-pyrrole nitrogens is 1. The van der Waals surface area contributed by atoms with Gasteiger partial charge in [-0.1, -0.05) is 43.6 Å². The molecule has 5 rings (SSSR count). The van der Waals surface area contributed by atoms with Crippen LogP contribution in [0, 0.1) is 12.8 Å². The van der Waals surface area contributed by atoms with Crippen molar-refractivity contribution in [1.29, 1.82) is 0 Å². The maximum atomic E-state index is 13.9. The van der Waals surface area contributed by atoms with Crippen molar-refractivity contribution < 1.29 is 24.1 Å². The minimum absolute atomic E-state index is 0.0481. The number of hydrogen-bond acceptors (Lipinski definition) is 6. The third-order valence-corrected chi connectivity index (χ3v) is 8.03. The Balaban J connectivity index is 1.55. The number of carbonyl (C=O) groups excluding carboxylic acids is 1. The first-order valence-electron chi connectivity index (χ1n) is 14.0. The minimum Gasteiger partial charge on any atom is -0.507 e. The number of aromatic hydroxyl groups is 1. The monoisotopic (exact) mass is 589 g/mol. The normalized spacial score (nSPS) is 14.4. The second-order valence-corrected chi connectivity index (χ2v) is 11.3. The SMILES string of the molecule is COc1ccc(CCN2C(=O)c3[nH]nc(-c4cc(Cl)c(C)cc4O)c3C2c2cccc(OCCC(C)C)c2)cc1OC. The summed E-state index contributed by atoms with van der Waals surface area (Å²) in [6, 6.07) is 16.4. The molecule has 0 fully saturated rings. The number of ether oxygens (including phenoxy) is 3. The molecule has 1 unspecified atom stereocenters. The lowest BCUT2D eigenvalue weighted by Crippen LogP contribution is -2.31. The number of carbonyl (C=O) groups is 1. The van der Waals surface area contributed by atoms with Gasteiger partial charge < -0.3 is 24.2 Å². The number of rotatable bonds is 11. The molecule has 0 spiro atoms. The van der Waals surface area contributed by atoms with Gasteiger partial charge in [0.2, 0.25) is 0 Å². The summed E-state index contributed by atoms with van der Waals surface area (Å²) < 4.78 is 16.9. The van der Waals surface area contributed by atoms with Crippen LogP contribution in [0.5, 0.6) is 23.0 Å². The van der Waals surface area contributed by atoms with E-state index in [1.807, 2.05) is 54.3 Å². The number of aromatic amines is 1. The Labute approximate surface area is 251 Å². The highest BCUT2D eigenvalue weighted by Gasteiger charge is 2.42. The number of methoxy groups -OCH3 is 2. The summed E-state index contributed by atoms with van der Waals surface area (Å²) in [4.78, 5) is 15.7. The average Bonchev–Trinajstić information content (AvgIpc) is 3.52. The molecule has 220 valence electrons. The smallest absolute Gasteiger partial charge is 0.273 e. The number of phenolic OH excluding ortho intramolecular Hbond substituents is 1. The van der Waals surface area contributed by atoms with E-state index in [2.05, 4.69) is 24.0 Å². The van der Waals surface area contributed by atoms with Gasteiger partial charge in [-0.05, 0) is 78.8 Å². The molecule has 2 N–H and O–H groups in total.